The van der Waals surface area contributed by atoms with Crippen LogP contribution in [0.5, 0.6) is 0 Å². The van der Waals surface area contributed by atoms with Crippen LogP contribution in [0.3, 0.4) is 0 Å². The first kappa shape index (κ1) is 10.2. The van der Waals surface area contributed by atoms with Gasteiger partial charge in [-0.1, -0.05) is 6.07 Å². The summed E-state index contributed by atoms with van der Waals surface area (Å²) in [5.74, 6) is 0. The van der Waals surface area contributed by atoms with Gasteiger partial charge in [-0.2, -0.15) is 0 Å². The average molecular weight is 218 g/mol. The molecule has 0 bridgehead atoms. The third-order valence-corrected chi connectivity index (χ3v) is 3.36. The fraction of sp³-hybridized carbons (Fsp3) is 0.583. The van der Waals surface area contributed by atoms with Gasteiger partial charge < -0.3 is 5.32 Å². The molecule has 0 atom stereocenters. The molecule has 1 aromatic rings. The Balaban J connectivity index is 1.59. The van der Waals surface area contributed by atoms with Crippen molar-refractivity contribution in [2.45, 2.75) is 13.1 Å². The molecule has 0 amide bonds. The minimum absolute atomic E-state index is 1.01. The molecule has 2 aliphatic rings. The zero-order valence-electron chi connectivity index (χ0n) is 9.52. The average Bonchev–Trinajstić information content (AvgIpc) is 2.72. The molecule has 0 saturated carbocycles. The number of pyridine rings is 1. The lowest BCUT2D eigenvalue weighted by molar-refractivity contribution is 0.117. The van der Waals surface area contributed by atoms with Gasteiger partial charge in [0.05, 0.1) is 12.4 Å². The van der Waals surface area contributed by atoms with Crippen LogP contribution in [0.25, 0.3) is 0 Å². The largest absolute Gasteiger partial charge is 0.314 e. The summed E-state index contributed by atoms with van der Waals surface area (Å²) in [4.78, 5) is 9.42. The van der Waals surface area contributed by atoms with Crippen LogP contribution >= 0.6 is 0 Å². The van der Waals surface area contributed by atoms with Gasteiger partial charge in [-0.25, -0.2) is 0 Å². The highest BCUT2D eigenvalue weighted by Gasteiger charge is 2.21. The van der Waals surface area contributed by atoms with Gasteiger partial charge in [-0.15, -0.1) is 0 Å². The van der Waals surface area contributed by atoms with E-state index in [0.29, 0.717) is 0 Å². The summed E-state index contributed by atoms with van der Waals surface area (Å²) in [6.45, 7) is 7.74. The van der Waals surface area contributed by atoms with Crippen molar-refractivity contribution < 1.29 is 0 Å². The molecule has 1 saturated heterocycles. The maximum Gasteiger partial charge on any atom is 0.0589 e. The monoisotopic (exact) mass is 218 g/mol. The number of piperazine rings is 1. The first-order chi connectivity index (χ1) is 7.92. The van der Waals surface area contributed by atoms with Crippen LogP contribution in [0.4, 0.5) is 0 Å². The Labute approximate surface area is 96.3 Å². The number of fused-ring (bicyclic) bond motifs is 1. The van der Waals surface area contributed by atoms with Crippen LogP contribution in [-0.4, -0.2) is 47.6 Å². The standard InChI is InChI=1S/C12H18N4/c1-2-11-8-16(9-12(11)14-3-1)10-15-6-4-13-5-7-15/h1-3,13H,4-10H2. The summed E-state index contributed by atoms with van der Waals surface area (Å²) >= 11 is 0. The van der Waals surface area contributed by atoms with E-state index >= 15 is 0 Å². The van der Waals surface area contributed by atoms with Gasteiger partial charge in [-0.05, 0) is 11.6 Å². The summed E-state index contributed by atoms with van der Waals surface area (Å²) in [6.07, 6.45) is 1.90. The van der Waals surface area contributed by atoms with Crippen molar-refractivity contribution in [3.63, 3.8) is 0 Å². The molecular weight excluding hydrogens is 200 g/mol. The number of nitrogens with zero attached hydrogens (tertiary/aromatic N) is 3. The zero-order valence-corrected chi connectivity index (χ0v) is 9.52. The quantitative estimate of drug-likeness (QED) is 0.771. The molecular formula is C12H18N4. The summed E-state index contributed by atoms with van der Waals surface area (Å²) in [5.41, 5.74) is 2.66. The third-order valence-electron chi connectivity index (χ3n) is 3.36. The minimum Gasteiger partial charge on any atom is -0.314 e. The summed E-state index contributed by atoms with van der Waals surface area (Å²) in [7, 11) is 0. The van der Waals surface area contributed by atoms with Crippen molar-refractivity contribution in [2.75, 3.05) is 32.8 Å². The number of rotatable bonds is 2. The highest BCUT2D eigenvalue weighted by molar-refractivity contribution is 5.23. The Morgan fingerprint density at radius 1 is 1.19 bits per heavy atom. The molecule has 3 heterocycles. The van der Waals surface area contributed by atoms with E-state index in [-0.39, 0.29) is 0 Å². The fourth-order valence-electron chi connectivity index (χ4n) is 2.50. The predicted molar refractivity (Wildman–Crippen MR) is 62.8 cm³/mol. The van der Waals surface area contributed by atoms with Crippen LogP contribution in [0.15, 0.2) is 18.3 Å². The van der Waals surface area contributed by atoms with E-state index < -0.39 is 0 Å². The Kier molecular flexibility index (Phi) is 2.86. The Morgan fingerprint density at radius 2 is 2.06 bits per heavy atom. The second-order valence-corrected chi connectivity index (χ2v) is 4.61. The van der Waals surface area contributed by atoms with Gasteiger partial charge in [0.25, 0.3) is 0 Å². The molecule has 4 nitrogen and oxygen atoms in total. The van der Waals surface area contributed by atoms with Crippen molar-refractivity contribution in [3.05, 3.63) is 29.6 Å². The van der Waals surface area contributed by atoms with Crippen LogP contribution in [0.2, 0.25) is 0 Å². The molecule has 1 fully saturated rings. The molecule has 0 radical (unpaired) electrons. The fourth-order valence-corrected chi connectivity index (χ4v) is 2.50. The van der Waals surface area contributed by atoms with Crippen LogP contribution in [0, 0.1) is 0 Å². The normalized spacial score (nSPS) is 22.2. The van der Waals surface area contributed by atoms with Gasteiger partial charge in [0, 0.05) is 45.5 Å². The van der Waals surface area contributed by atoms with Crippen LogP contribution in [0.1, 0.15) is 11.3 Å². The predicted octanol–water partition coefficient (Wildman–Crippen LogP) is 0.260. The summed E-state index contributed by atoms with van der Waals surface area (Å²) in [5, 5.41) is 3.38. The van der Waals surface area contributed by atoms with Crippen molar-refractivity contribution in [3.8, 4) is 0 Å². The lowest BCUT2D eigenvalue weighted by Gasteiger charge is -2.30. The zero-order chi connectivity index (χ0) is 10.8. The first-order valence-corrected chi connectivity index (χ1v) is 6.00. The molecule has 3 rings (SSSR count). The Morgan fingerprint density at radius 3 is 2.88 bits per heavy atom. The third kappa shape index (κ3) is 2.09. The maximum atomic E-state index is 4.43. The van der Waals surface area contributed by atoms with Crippen LogP contribution in [-0.2, 0) is 13.1 Å². The summed E-state index contributed by atoms with van der Waals surface area (Å²) < 4.78 is 0. The molecule has 0 unspecified atom stereocenters. The molecule has 1 N–H and O–H groups in total. The Hall–Kier alpha value is -0.970. The molecule has 4 heteroatoms. The lowest BCUT2D eigenvalue weighted by Crippen LogP contribution is -2.47. The lowest BCUT2D eigenvalue weighted by atomic mass is 10.2. The molecule has 1 aromatic heterocycles. The van der Waals surface area contributed by atoms with E-state index in [1.807, 2.05) is 12.3 Å². The molecule has 86 valence electrons. The van der Waals surface area contributed by atoms with Gasteiger partial charge >= 0.3 is 0 Å². The second kappa shape index (κ2) is 4.49. The highest BCUT2D eigenvalue weighted by Crippen LogP contribution is 2.20. The summed E-state index contributed by atoms with van der Waals surface area (Å²) in [6, 6.07) is 4.23. The minimum atomic E-state index is 1.01. The van der Waals surface area contributed by atoms with E-state index in [1.165, 1.54) is 24.3 Å². The van der Waals surface area contributed by atoms with Crippen LogP contribution < -0.4 is 5.32 Å². The van der Waals surface area contributed by atoms with Gasteiger partial charge in [0.2, 0.25) is 0 Å². The number of hydrogen-bond donors (Lipinski definition) is 1. The molecule has 16 heavy (non-hydrogen) atoms. The van der Waals surface area contributed by atoms with Gasteiger partial charge in [-0.3, -0.25) is 14.8 Å². The van der Waals surface area contributed by atoms with Gasteiger partial charge in [0.15, 0.2) is 0 Å². The Bertz CT molecular complexity index is 335. The molecule has 0 aliphatic carbocycles. The van der Waals surface area contributed by atoms with E-state index in [4.69, 9.17) is 0 Å². The first-order valence-electron chi connectivity index (χ1n) is 6.00. The topological polar surface area (TPSA) is 31.4 Å². The number of aromatic nitrogens is 1. The second-order valence-electron chi connectivity index (χ2n) is 4.61. The van der Waals surface area contributed by atoms with E-state index in [0.717, 1.165) is 32.8 Å². The van der Waals surface area contributed by atoms with Crippen molar-refractivity contribution in [1.82, 2.24) is 20.1 Å². The van der Waals surface area contributed by atoms with E-state index in [2.05, 4.69) is 26.2 Å². The number of nitrogens with one attached hydrogen (secondary N) is 1. The van der Waals surface area contributed by atoms with E-state index in [1.54, 1.807) is 0 Å². The van der Waals surface area contributed by atoms with Crippen molar-refractivity contribution in [1.29, 1.82) is 0 Å². The molecule has 2 aliphatic heterocycles. The van der Waals surface area contributed by atoms with Crippen molar-refractivity contribution >= 4 is 0 Å². The van der Waals surface area contributed by atoms with Gasteiger partial charge in [0.1, 0.15) is 0 Å². The molecule has 0 spiro atoms. The number of hydrogen-bond acceptors (Lipinski definition) is 4. The SMILES string of the molecule is c1cnc2c(c1)CN(CN1CCNCC1)C2. The van der Waals surface area contributed by atoms with Crippen molar-refractivity contribution in [2.24, 2.45) is 0 Å². The smallest absolute Gasteiger partial charge is 0.0589 e. The highest BCUT2D eigenvalue weighted by atomic mass is 15.3. The van der Waals surface area contributed by atoms with E-state index in [9.17, 15) is 0 Å². The maximum absolute atomic E-state index is 4.43. The molecule has 0 aromatic carbocycles.